The zero-order chi connectivity index (χ0) is 15.8. The molecule has 2 rings (SSSR count). The van der Waals surface area contributed by atoms with Crippen molar-refractivity contribution in [1.29, 1.82) is 0 Å². The number of carbonyl (C=O) groups excluding carboxylic acids is 2. The number of benzene rings is 1. The van der Waals surface area contributed by atoms with Crippen LogP contribution in [0.15, 0.2) is 30.5 Å². The van der Waals surface area contributed by atoms with E-state index in [0.29, 0.717) is 25.8 Å². The fourth-order valence-corrected chi connectivity index (χ4v) is 2.43. The molecule has 0 aliphatic carbocycles. The van der Waals surface area contributed by atoms with E-state index in [0.717, 1.165) is 18.4 Å². The lowest BCUT2D eigenvalue weighted by Gasteiger charge is -2.04. The molecule has 1 aromatic carbocycles. The van der Waals surface area contributed by atoms with E-state index in [1.807, 2.05) is 24.4 Å². The molecule has 0 bridgehead atoms. The molecule has 0 saturated heterocycles. The SMILES string of the molecule is COC(=O)CCCNC(=O)CCCc1c[nH]c2ccccc12. The molecule has 0 radical (unpaired) electrons. The molecule has 0 atom stereocenters. The highest BCUT2D eigenvalue weighted by Gasteiger charge is 2.06. The second kappa shape index (κ2) is 8.22. The Morgan fingerprint density at radius 3 is 2.82 bits per heavy atom. The molecule has 5 nitrogen and oxygen atoms in total. The first-order valence-corrected chi connectivity index (χ1v) is 7.59. The van der Waals surface area contributed by atoms with Crippen LogP contribution in [0.1, 0.15) is 31.2 Å². The van der Waals surface area contributed by atoms with Gasteiger partial charge in [-0.25, -0.2) is 0 Å². The maximum Gasteiger partial charge on any atom is 0.305 e. The minimum Gasteiger partial charge on any atom is -0.469 e. The maximum absolute atomic E-state index is 11.7. The van der Waals surface area contributed by atoms with E-state index in [-0.39, 0.29) is 11.9 Å². The molecule has 2 aromatic rings. The van der Waals surface area contributed by atoms with Crippen LogP contribution in [0.2, 0.25) is 0 Å². The van der Waals surface area contributed by atoms with E-state index in [1.165, 1.54) is 18.1 Å². The third-order valence-electron chi connectivity index (χ3n) is 3.63. The van der Waals surface area contributed by atoms with Crippen LogP contribution in [0.3, 0.4) is 0 Å². The normalized spacial score (nSPS) is 10.6. The lowest BCUT2D eigenvalue weighted by molar-refractivity contribution is -0.140. The lowest BCUT2D eigenvalue weighted by Crippen LogP contribution is -2.24. The molecule has 1 amide bonds. The summed E-state index contributed by atoms with van der Waals surface area (Å²) in [4.78, 5) is 25.9. The van der Waals surface area contributed by atoms with E-state index in [4.69, 9.17) is 0 Å². The third kappa shape index (κ3) is 4.62. The number of carbonyl (C=O) groups is 2. The molecule has 0 fully saturated rings. The maximum atomic E-state index is 11.7. The van der Waals surface area contributed by atoms with Gasteiger partial charge >= 0.3 is 5.97 Å². The number of aryl methyl sites for hydroxylation is 1. The van der Waals surface area contributed by atoms with Crippen LogP contribution in [-0.2, 0) is 20.7 Å². The van der Waals surface area contributed by atoms with Crippen LogP contribution in [-0.4, -0.2) is 30.5 Å². The predicted octanol–water partition coefficient (Wildman–Crippen LogP) is 2.56. The number of nitrogens with one attached hydrogen (secondary N) is 2. The van der Waals surface area contributed by atoms with E-state index < -0.39 is 0 Å². The molecule has 0 aliphatic heterocycles. The Kier molecular flexibility index (Phi) is 6.01. The monoisotopic (exact) mass is 302 g/mol. The first kappa shape index (κ1) is 16.1. The Morgan fingerprint density at radius 1 is 1.18 bits per heavy atom. The van der Waals surface area contributed by atoms with E-state index in [9.17, 15) is 9.59 Å². The van der Waals surface area contributed by atoms with Crippen molar-refractivity contribution in [2.24, 2.45) is 0 Å². The first-order chi connectivity index (χ1) is 10.7. The van der Waals surface area contributed by atoms with Crippen LogP contribution in [0.4, 0.5) is 0 Å². The molecule has 0 aliphatic rings. The zero-order valence-corrected chi connectivity index (χ0v) is 12.9. The van der Waals surface area contributed by atoms with Crippen molar-refractivity contribution >= 4 is 22.8 Å². The minimum absolute atomic E-state index is 0.0321. The number of H-pyrrole nitrogens is 1. The van der Waals surface area contributed by atoms with Gasteiger partial charge in [-0.15, -0.1) is 0 Å². The highest BCUT2D eigenvalue weighted by Crippen LogP contribution is 2.19. The van der Waals surface area contributed by atoms with Crippen LogP contribution < -0.4 is 5.32 Å². The molecular formula is C17H22N2O3. The Morgan fingerprint density at radius 2 is 2.00 bits per heavy atom. The number of ether oxygens (including phenoxy) is 1. The summed E-state index contributed by atoms with van der Waals surface area (Å²) in [6.07, 6.45) is 5.15. The molecule has 118 valence electrons. The van der Waals surface area contributed by atoms with E-state index in [2.05, 4.69) is 21.1 Å². The van der Waals surface area contributed by atoms with Crippen molar-refractivity contribution in [3.8, 4) is 0 Å². The summed E-state index contributed by atoms with van der Waals surface area (Å²) in [5, 5.41) is 4.05. The number of hydrogen-bond acceptors (Lipinski definition) is 3. The standard InChI is InChI=1S/C17H22N2O3/c1-22-17(21)10-5-11-18-16(20)9-4-6-13-12-19-15-8-3-2-7-14(13)15/h2-3,7-8,12,19H,4-6,9-11H2,1H3,(H,18,20). The first-order valence-electron chi connectivity index (χ1n) is 7.59. The smallest absolute Gasteiger partial charge is 0.305 e. The van der Waals surface area contributed by atoms with E-state index >= 15 is 0 Å². The van der Waals surface area contributed by atoms with Gasteiger partial charge in [0.1, 0.15) is 0 Å². The van der Waals surface area contributed by atoms with Crippen molar-refractivity contribution in [3.63, 3.8) is 0 Å². The summed E-state index contributed by atoms with van der Waals surface area (Å²) in [5.41, 5.74) is 2.37. The number of para-hydroxylation sites is 1. The van der Waals surface area contributed by atoms with Crippen molar-refractivity contribution in [2.45, 2.75) is 32.1 Å². The van der Waals surface area contributed by atoms with Crippen LogP contribution >= 0.6 is 0 Å². The predicted molar refractivity (Wildman–Crippen MR) is 85.5 cm³/mol. The molecule has 2 N–H and O–H groups in total. The quantitative estimate of drug-likeness (QED) is 0.581. The third-order valence-corrected chi connectivity index (χ3v) is 3.63. The largest absolute Gasteiger partial charge is 0.469 e. The van der Waals surface area contributed by atoms with Gasteiger partial charge in [-0.05, 0) is 30.9 Å². The second-order valence-electron chi connectivity index (χ2n) is 5.24. The van der Waals surface area contributed by atoms with Crippen molar-refractivity contribution in [2.75, 3.05) is 13.7 Å². The number of esters is 1. The highest BCUT2D eigenvalue weighted by molar-refractivity contribution is 5.83. The summed E-state index contributed by atoms with van der Waals surface area (Å²) in [5.74, 6) is -0.210. The van der Waals surface area contributed by atoms with Crippen LogP contribution in [0.25, 0.3) is 10.9 Å². The molecule has 0 unspecified atom stereocenters. The topological polar surface area (TPSA) is 71.2 Å². The molecular weight excluding hydrogens is 280 g/mol. The van der Waals surface area contributed by atoms with Crippen molar-refractivity contribution < 1.29 is 14.3 Å². The fourth-order valence-electron chi connectivity index (χ4n) is 2.43. The Balaban J connectivity index is 1.66. The van der Waals surface area contributed by atoms with Crippen LogP contribution in [0.5, 0.6) is 0 Å². The van der Waals surface area contributed by atoms with Gasteiger partial charge in [-0.3, -0.25) is 9.59 Å². The number of rotatable bonds is 8. The molecule has 22 heavy (non-hydrogen) atoms. The van der Waals surface area contributed by atoms with E-state index in [1.54, 1.807) is 0 Å². The number of fused-ring (bicyclic) bond motifs is 1. The second-order valence-corrected chi connectivity index (χ2v) is 5.24. The van der Waals surface area contributed by atoms with Gasteiger partial charge < -0.3 is 15.0 Å². The minimum atomic E-state index is -0.242. The van der Waals surface area contributed by atoms with Crippen LogP contribution in [0, 0.1) is 0 Å². The van der Waals surface area contributed by atoms with Gasteiger partial charge in [0.25, 0.3) is 0 Å². The highest BCUT2D eigenvalue weighted by atomic mass is 16.5. The number of amides is 1. The Hall–Kier alpha value is -2.30. The number of methoxy groups -OCH3 is 1. The van der Waals surface area contributed by atoms with Crippen molar-refractivity contribution in [1.82, 2.24) is 10.3 Å². The number of aromatic amines is 1. The number of hydrogen-bond donors (Lipinski definition) is 2. The zero-order valence-electron chi connectivity index (χ0n) is 12.9. The fraction of sp³-hybridized carbons (Fsp3) is 0.412. The Labute approximate surface area is 130 Å². The van der Waals surface area contributed by atoms with Gasteiger partial charge in [-0.1, -0.05) is 18.2 Å². The van der Waals surface area contributed by atoms with Gasteiger partial charge in [0.05, 0.1) is 7.11 Å². The van der Waals surface area contributed by atoms with Gasteiger partial charge in [0.15, 0.2) is 0 Å². The van der Waals surface area contributed by atoms with Gasteiger partial charge in [0.2, 0.25) is 5.91 Å². The average molecular weight is 302 g/mol. The molecule has 5 heteroatoms. The molecule has 0 spiro atoms. The molecule has 1 heterocycles. The van der Waals surface area contributed by atoms with Gasteiger partial charge in [-0.2, -0.15) is 0 Å². The van der Waals surface area contributed by atoms with Crippen molar-refractivity contribution in [3.05, 3.63) is 36.0 Å². The van der Waals surface area contributed by atoms with Gasteiger partial charge in [0, 0.05) is 36.5 Å². The summed E-state index contributed by atoms with van der Waals surface area (Å²) >= 11 is 0. The molecule has 0 saturated carbocycles. The summed E-state index contributed by atoms with van der Waals surface area (Å²) < 4.78 is 4.54. The summed E-state index contributed by atoms with van der Waals surface area (Å²) in [6.45, 7) is 0.515. The number of aromatic nitrogens is 1. The Bertz CT molecular complexity index is 634. The summed E-state index contributed by atoms with van der Waals surface area (Å²) in [6, 6.07) is 8.17. The lowest BCUT2D eigenvalue weighted by atomic mass is 10.1. The molecule has 1 aromatic heterocycles. The average Bonchev–Trinajstić information content (AvgIpc) is 2.95. The summed E-state index contributed by atoms with van der Waals surface area (Å²) in [7, 11) is 1.37.